The normalized spacial score (nSPS) is 16.8. The average molecular weight is 427 g/mol. The molecule has 1 N–H and O–H groups in total. The van der Waals surface area contributed by atoms with Gasteiger partial charge in [0.25, 0.3) is 5.56 Å². The molecule has 2 aromatic rings. The highest BCUT2D eigenvalue weighted by Gasteiger charge is 2.27. The Hall–Kier alpha value is -2.61. The van der Waals surface area contributed by atoms with E-state index >= 15 is 0 Å². The van der Waals surface area contributed by atoms with Gasteiger partial charge in [0.2, 0.25) is 5.91 Å². The van der Waals surface area contributed by atoms with E-state index in [2.05, 4.69) is 11.4 Å². The first-order valence-corrected chi connectivity index (χ1v) is 11.5. The number of allylic oxidation sites excluding steroid dienone is 2. The van der Waals surface area contributed by atoms with Crippen LogP contribution in [0.2, 0.25) is 0 Å². The third-order valence-electron chi connectivity index (χ3n) is 5.56. The molecule has 0 atom stereocenters. The maximum absolute atomic E-state index is 13.1. The molecular formula is C22H26N4O3S. The van der Waals surface area contributed by atoms with Crippen LogP contribution >= 0.6 is 11.8 Å². The fourth-order valence-corrected chi connectivity index (χ4v) is 4.86. The maximum Gasteiger partial charge on any atom is 0.324 e. The van der Waals surface area contributed by atoms with Gasteiger partial charge in [-0.3, -0.25) is 19.1 Å². The van der Waals surface area contributed by atoms with Crippen LogP contribution in [0.25, 0.3) is 10.9 Å². The number of carbonyl (C=O) groups excluding carboxylic acids is 2. The maximum atomic E-state index is 13.1. The van der Waals surface area contributed by atoms with Gasteiger partial charge in [-0.25, -0.2) is 9.78 Å². The first kappa shape index (κ1) is 20.7. The number of urea groups is 1. The van der Waals surface area contributed by atoms with E-state index in [0.29, 0.717) is 41.3 Å². The van der Waals surface area contributed by atoms with Gasteiger partial charge in [0, 0.05) is 18.8 Å². The van der Waals surface area contributed by atoms with Crippen molar-refractivity contribution in [2.75, 3.05) is 18.8 Å². The zero-order valence-corrected chi connectivity index (χ0v) is 17.7. The van der Waals surface area contributed by atoms with Gasteiger partial charge >= 0.3 is 6.03 Å². The van der Waals surface area contributed by atoms with Crippen molar-refractivity contribution >= 4 is 34.6 Å². The summed E-state index contributed by atoms with van der Waals surface area (Å²) in [5.41, 5.74) is 2.12. The Bertz CT molecular complexity index is 1030. The van der Waals surface area contributed by atoms with Crippen LogP contribution < -0.4 is 10.9 Å². The number of fused-ring (bicyclic) bond motifs is 1. The molecular weight excluding hydrogens is 400 g/mol. The second kappa shape index (κ2) is 9.47. The molecule has 1 aliphatic carbocycles. The highest BCUT2D eigenvalue weighted by Crippen LogP contribution is 2.23. The second-order valence-corrected chi connectivity index (χ2v) is 8.69. The number of thioether (sulfide) groups is 1. The monoisotopic (exact) mass is 426 g/mol. The lowest BCUT2D eigenvalue weighted by Crippen LogP contribution is -2.32. The van der Waals surface area contributed by atoms with Crippen molar-refractivity contribution in [3.63, 3.8) is 0 Å². The Morgan fingerprint density at radius 3 is 2.73 bits per heavy atom. The van der Waals surface area contributed by atoms with Crippen molar-refractivity contribution in [1.82, 2.24) is 19.8 Å². The quantitative estimate of drug-likeness (QED) is 0.230. The lowest BCUT2D eigenvalue weighted by atomic mass is 9.97. The van der Waals surface area contributed by atoms with Crippen molar-refractivity contribution in [3.8, 4) is 0 Å². The first-order chi connectivity index (χ1) is 14.6. The molecule has 4 rings (SSSR count). The number of amides is 3. The van der Waals surface area contributed by atoms with Gasteiger partial charge in [-0.15, -0.1) is 0 Å². The molecule has 7 nitrogen and oxygen atoms in total. The van der Waals surface area contributed by atoms with E-state index < -0.39 is 0 Å². The largest absolute Gasteiger partial charge is 0.329 e. The molecule has 2 aliphatic rings. The summed E-state index contributed by atoms with van der Waals surface area (Å²) in [6, 6.07) is 7.11. The summed E-state index contributed by atoms with van der Waals surface area (Å²) < 4.78 is 1.79. The Kier molecular flexibility index (Phi) is 6.52. The molecule has 1 aromatic heterocycles. The van der Waals surface area contributed by atoms with Crippen LogP contribution in [-0.4, -0.2) is 45.2 Å². The standard InChI is InChI=1S/C22H26N4O3S/c27-19-15-23-21(29)25(19)12-6-14-30-22-24-18-10-5-4-9-17(18)20(28)26(22)13-11-16-7-2-1-3-8-16/h4-5,7,9-10H,1-3,6,8,11-15H2,(H,23,29). The van der Waals surface area contributed by atoms with Crippen molar-refractivity contribution in [2.45, 2.75) is 50.2 Å². The van der Waals surface area contributed by atoms with E-state index in [0.717, 1.165) is 19.3 Å². The molecule has 158 valence electrons. The minimum atomic E-state index is -0.327. The predicted molar refractivity (Wildman–Crippen MR) is 118 cm³/mol. The number of rotatable bonds is 8. The third kappa shape index (κ3) is 4.59. The zero-order valence-electron chi connectivity index (χ0n) is 16.9. The summed E-state index contributed by atoms with van der Waals surface area (Å²) in [4.78, 5) is 42.5. The van der Waals surface area contributed by atoms with E-state index in [4.69, 9.17) is 4.98 Å². The third-order valence-corrected chi connectivity index (χ3v) is 6.63. The second-order valence-electron chi connectivity index (χ2n) is 7.63. The van der Waals surface area contributed by atoms with Crippen LogP contribution in [0, 0.1) is 0 Å². The minimum Gasteiger partial charge on any atom is -0.329 e. The summed E-state index contributed by atoms with van der Waals surface area (Å²) in [6.45, 7) is 1.08. The minimum absolute atomic E-state index is 0.00592. The van der Waals surface area contributed by atoms with Gasteiger partial charge in [0.15, 0.2) is 5.16 Å². The number of carbonyl (C=O) groups is 2. The lowest BCUT2D eigenvalue weighted by molar-refractivity contribution is -0.124. The Morgan fingerprint density at radius 1 is 1.10 bits per heavy atom. The number of hydrogen-bond acceptors (Lipinski definition) is 5. The Balaban J connectivity index is 1.48. The topological polar surface area (TPSA) is 84.3 Å². The van der Waals surface area contributed by atoms with Crippen molar-refractivity contribution in [2.24, 2.45) is 0 Å². The molecule has 0 radical (unpaired) electrons. The van der Waals surface area contributed by atoms with Gasteiger partial charge in [-0.1, -0.05) is 35.5 Å². The molecule has 30 heavy (non-hydrogen) atoms. The summed E-state index contributed by atoms with van der Waals surface area (Å²) in [5, 5.41) is 3.87. The smallest absolute Gasteiger partial charge is 0.324 e. The Labute approximate surface area is 179 Å². The van der Waals surface area contributed by atoms with Crippen molar-refractivity contribution < 1.29 is 9.59 Å². The van der Waals surface area contributed by atoms with Crippen LogP contribution in [0.1, 0.15) is 38.5 Å². The van der Waals surface area contributed by atoms with Gasteiger partial charge in [0.05, 0.1) is 17.4 Å². The van der Waals surface area contributed by atoms with Crippen molar-refractivity contribution in [1.29, 1.82) is 0 Å². The molecule has 2 heterocycles. The van der Waals surface area contributed by atoms with E-state index in [-0.39, 0.29) is 24.0 Å². The molecule has 1 saturated heterocycles. The molecule has 1 fully saturated rings. The fourth-order valence-electron chi connectivity index (χ4n) is 3.91. The Morgan fingerprint density at radius 2 is 1.97 bits per heavy atom. The predicted octanol–water partition coefficient (Wildman–Crippen LogP) is 3.32. The van der Waals surface area contributed by atoms with E-state index in [1.807, 2.05) is 24.3 Å². The van der Waals surface area contributed by atoms with Crippen LogP contribution in [0.3, 0.4) is 0 Å². The molecule has 0 bridgehead atoms. The lowest BCUT2D eigenvalue weighted by Gasteiger charge is -2.16. The summed E-state index contributed by atoms with van der Waals surface area (Å²) in [7, 11) is 0. The fraction of sp³-hybridized carbons (Fsp3) is 0.455. The van der Waals surface area contributed by atoms with Crippen LogP contribution in [0.4, 0.5) is 4.79 Å². The molecule has 1 aliphatic heterocycles. The zero-order chi connectivity index (χ0) is 20.9. The van der Waals surface area contributed by atoms with E-state index in [1.165, 1.54) is 35.1 Å². The van der Waals surface area contributed by atoms with E-state index in [1.54, 1.807) is 4.57 Å². The molecule has 3 amide bonds. The van der Waals surface area contributed by atoms with Gasteiger partial charge < -0.3 is 5.32 Å². The van der Waals surface area contributed by atoms with E-state index in [9.17, 15) is 14.4 Å². The number of benzene rings is 1. The highest BCUT2D eigenvalue weighted by molar-refractivity contribution is 7.99. The summed E-state index contributed by atoms with van der Waals surface area (Å²) in [6.07, 6.45) is 8.55. The van der Waals surface area contributed by atoms with Gasteiger partial charge in [0.1, 0.15) is 0 Å². The summed E-state index contributed by atoms with van der Waals surface area (Å²) >= 11 is 1.51. The SMILES string of the molecule is O=C1CNC(=O)N1CCCSc1nc2ccccc2c(=O)n1CCC1=CCCCC1. The first-order valence-electron chi connectivity index (χ1n) is 10.5. The van der Waals surface area contributed by atoms with Gasteiger partial charge in [-0.2, -0.15) is 0 Å². The molecule has 0 unspecified atom stereocenters. The van der Waals surface area contributed by atoms with Crippen LogP contribution in [0.5, 0.6) is 0 Å². The molecule has 0 saturated carbocycles. The van der Waals surface area contributed by atoms with Crippen molar-refractivity contribution in [3.05, 3.63) is 46.3 Å². The molecule has 8 heteroatoms. The number of nitrogens with zero attached hydrogens (tertiary/aromatic N) is 3. The number of imide groups is 1. The molecule has 1 aromatic carbocycles. The molecule has 0 spiro atoms. The number of aromatic nitrogens is 2. The van der Waals surface area contributed by atoms with Gasteiger partial charge in [-0.05, 0) is 50.7 Å². The van der Waals surface area contributed by atoms with Crippen LogP contribution in [0.15, 0.2) is 45.9 Å². The number of hydrogen-bond donors (Lipinski definition) is 1. The highest BCUT2D eigenvalue weighted by atomic mass is 32.2. The van der Waals surface area contributed by atoms with Crippen LogP contribution in [-0.2, 0) is 11.3 Å². The summed E-state index contributed by atoms with van der Waals surface area (Å²) in [5.74, 6) is 0.483. The number of nitrogens with one attached hydrogen (secondary N) is 1. The average Bonchev–Trinajstić information content (AvgIpc) is 3.09. The number of para-hydroxylation sites is 1.